The molecule has 2 rings (SSSR count). The van der Waals surface area contributed by atoms with Crippen LogP contribution < -0.4 is 14.9 Å². The van der Waals surface area contributed by atoms with Crippen LogP contribution in [0.1, 0.15) is 22.8 Å². The Kier molecular flexibility index (Phi) is 6.20. The Balaban J connectivity index is 2.12. The van der Waals surface area contributed by atoms with Crippen LogP contribution in [0.3, 0.4) is 0 Å². The topological polar surface area (TPSA) is 80.2 Å². The van der Waals surface area contributed by atoms with Crippen LogP contribution in [0.15, 0.2) is 46.0 Å². The SMILES string of the molecule is CCOc1ccc(Br)cc1C(=O)NN=Cc1ccc(O)c(OC)c1. The molecule has 0 fully saturated rings. The van der Waals surface area contributed by atoms with Crippen molar-refractivity contribution in [3.63, 3.8) is 0 Å². The van der Waals surface area contributed by atoms with Gasteiger partial charge in [-0.3, -0.25) is 4.79 Å². The second-order valence-corrected chi connectivity index (χ2v) is 5.62. The quantitative estimate of drug-likeness (QED) is 0.583. The van der Waals surface area contributed by atoms with E-state index in [1.165, 1.54) is 19.4 Å². The molecule has 0 saturated heterocycles. The number of ether oxygens (including phenoxy) is 2. The number of nitrogens with zero attached hydrogens (tertiary/aromatic N) is 1. The first-order chi connectivity index (χ1) is 11.5. The van der Waals surface area contributed by atoms with Crippen LogP contribution in [0.2, 0.25) is 0 Å². The molecule has 0 heterocycles. The molecule has 0 unspecified atom stereocenters. The zero-order valence-corrected chi connectivity index (χ0v) is 14.8. The molecule has 2 N–H and O–H groups in total. The summed E-state index contributed by atoms with van der Waals surface area (Å²) in [6.45, 7) is 2.30. The van der Waals surface area contributed by atoms with Gasteiger partial charge in [0.1, 0.15) is 5.75 Å². The number of phenols is 1. The second-order valence-electron chi connectivity index (χ2n) is 4.70. The van der Waals surface area contributed by atoms with E-state index in [0.717, 1.165) is 4.47 Å². The van der Waals surface area contributed by atoms with Crippen LogP contribution >= 0.6 is 15.9 Å². The van der Waals surface area contributed by atoms with Gasteiger partial charge in [-0.15, -0.1) is 0 Å². The summed E-state index contributed by atoms with van der Waals surface area (Å²) < 4.78 is 11.2. The van der Waals surface area contributed by atoms with Crippen molar-refractivity contribution in [1.29, 1.82) is 0 Å². The minimum absolute atomic E-state index is 0.0363. The van der Waals surface area contributed by atoms with E-state index >= 15 is 0 Å². The first-order valence-corrected chi connectivity index (χ1v) is 7.97. The van der Waals surface area contributed by atoms with Crippen molar-refractivity contribution >= 4 is 28.1 Å². The Morgan fingerprint density at radius 1 is 1.29 bits per heavy atom. The minimum Gasteiger partial charge on any atom is -0.504 e. The zero-order chi connectivity index (χ0) is 17.5. The van der Waals surface area contributed by atoms with Gasteiger partial charge >= 0.3 is 0 Å². The van der Waals surface area contributed by atoms with E-state index in [1.54, 1.807) is 30.3 Å². The molecule has 0 atom stereocenters. The van der Waals surface area contributed by atoms with Crippen LogP contribution in [0, 0.1) is 0 Å². The first kappa shape index (κ1) is 17.8. The number of phenolic OH excluding ortho intramolecular Hbond substituents is 1. The van der Waals surface area contributed by atoms with Gasteiger partial charge in [-0.05, 0) is 48.9 Å². The average molecular weight is 393 g/mol. The van der Waals surface area contributed by atoms with Crippen molar-refractivity contribution in [2.24, 2.45) is 5.10 Å². The van der Waals surface area contributed by atoms with Gasteiger partial charge in [0, 0.05) is 4.47 Å². The number of amides is 1. The van der Waals surface area contributed by atoms with Crippen molar-refractivity contribution in [3.05, 3.63) is 52.0 Å². The summed E-state index contributed by atoms with van der Waals surface area (Å²) >= 11 is 3.33. The molecular weight excluding hydrogens is 376 g/mol. The molecule has 2 aromatic rings. The van der Waals surface area contributed by atoms with E-state index in [9.17, 15) is 9.90 Å². The maximum Gasteiger partial charge on any atom is 0.275 e. The Labute approximate surface area is 148 Å². The van der Waals surface area contributed by atoms with E-state index in [-0.39, 0.29) is 11.7 Å². The number of carbonyl (C=O) groups excluding carboxylic acids is 1. The molecule has 1 amide bonds. The van der Waals surface area contributed by atoms with Crippen LogP contribution in [0.25, 0.3) is 0 Å². The molecule has 0 saturated carbocycles. The maximum atomic E-state index is 12.3. The van der Waals surface area contributed by atoms with Gasteiger partial charge in [-0.1, -0.05) is 15.9 Å². The highest BCUT2D eigenvalue weighted by Crippen LogP contribution is 2.25. The third kappa shape index (κ3) is 4.48. The summed E-state index contributed by atoms with van der Waals surface area (Å²) in [5.41, 5.74) is 3.50. The van der Waals surface area contributed by atoms with Crippen LogP contribution in [-0.4, -0.2) is 30.9 Å². The van der Waals surface area contributed by atoms with Crippen molar-refractivity contribution in [2.45, 2.75) is 6.92 Å². The average Bonchev–Trinajstić information content (AvgIpc) is 2.58. The predicted octanol–water partition coefficient (Wildman–Crippen LogP) is 3.33. The highest BCUT2D eigenvalue weighted by molar-refractivity contribution is 9.10. The highest BCUT2D eigenvalue weighted by Gasteiger charge is 2.12. The Hall–Kier alpha value is -2.54. The number of hydrazone groups is 1. The number of carbonyl (C=O) groups is 1. The summed E-state index contributed by atoms with van der Waals surface area (Å²) in [6, 6.07) is 9.93. The molecular formula is C17H17BrN2O4. The Bertz CT molecular complexity index is 762. The summed E-state index contributed by atoms with van der Waals surface area (Å²) in [5.74, 6) is 0.464. The molecule has 2 aromatic carbocycles. The normalized spacial score (nSPS) is 10.6. The van der Waals surface area contributed by atoms with Crippen LogP contribution in [0.4, 0.5) is 0 Å². The lowest BCUT2D eigenvalue weighted by Gasteiger charge is -2.09. The monoisotopic (exact) mass is 392 g/mol. The summed E-state index contributed by atoms with van der Waals surface area (Å²) in [6.07, 6.45) is 1.46. The molecule has 0 aliphatic rings. The Morgan fingerprint density at radius 2 is 2.08 bits per heavy atom. The highest BCUT2D eigenvalue weighted by atomic mass is 79.9. The zero-order valence-electron chi connectivity index (χ0n) is 13.2. The smallest absolute Gasteiger partial charge is 0.275 e. The molecule has 24 heavy (non-hydrogen) atoms. The molecule has 0 radical (unpaired) electrons. The minimum atomic E-state index is -0.387. The van der Waals surface area contributed by atoms with Crippen molar-refractivity contribution in [1.82, 2.24) is 5.43 Å². The fourth-order valence-electron chi connectivity index (χ4n) is 1.96. The van der Waals surface area contributed by atoms with Gasteiger partial charge in [-0.25, -0.2) is 5.43 Å². The lowest BCUT2D eigenvalue weighted by Crippen LogP contribution is -2.18. The summed E-state index contributed by atoms with van der Waals surface area (Å²) in [4.78, 5) is 12.3. The van der Waals surface area contributed by atoms with Gasteiger partial charge in [0.2, 0.25) is 0 Å². The Morgan fingerprint density at radius 3 is 2.79 bits per heavy atom. The first-order valence-electron chi connectivity index (χ1n) is 7.18. The van der Waals surface area contributed by atoms with E-state index in [2.05, 4.69) is 26.5 Å². The van der Waals surface area contributed by atoms with Gasteiger partial charge < -0.3 is 14.6 Å². The fourth-order valence-corrected chi connectivity index (χ4v) is 2.32. The van der Waals surface area contributed by atoms with E-state index < -0.39 is 0 Å². The molecule has 126 valence electrons. The number of aromatic hydroxyl groups is 1. The van der Waals surface area contributed by atoms with Crippen LogP contribution in [0.5, 0.6) is 17.2 Å². The molecule has 7 heteroatoms. The van der Waals surface area contributed by atoms with Crippen molar-refractivity contribution < 1.29 is 19.4 Å². The van der Waals surface area contributed by atoms with Gasteiger partial charge in [0.05, 0.1) is 25.5 Å². The number of hydrogen-bond acceptors (Lipinski definition) is 5. The largest absolute Gasteiger partial charge is 0.504 e. The number of methoxy groups -OCH3 is 1. The molecule has 0 aliphatic carbocycles. The molecule has 0 bridgehead atoms. The van der Waals surface area contributed by atoms with Gasteiger partial charge in [0.15, 0.2) is 11.5 Å². The van der Waals surface area contributed by atoms with E-state index in [0.29, 0.717) is 29.2 Å². The maximum absolute atomic E-state index is 12.3. The van der Waals surface area contributed by atoms with Crippen molar-refractivity contribution in [3.8, 4) is 17.2 Å². The van der Waals surface area contributed by atoms with E-state index in [1.807, 2.05) is 6.92 Å². The van der Waals surface area contributed by atoms with Crippen LogP contribution in [-0.2, 0) is 0 Å². The lowest BCUT2D eigenvalue weighted by molar-refractivity contribution is 0.0951. The number of rotatable bonds is 6. The van der Waals surface area contributed by atoms with E-state index in [4.69, 9.17) is 9.47 Å². The summed E-state index contributed by atoms with van der Waals surface area (Å²) in [7, 11) is 1.46. The third-order valence-electron chi connectivity index (χ3n) is 3.07. The standard InChI is InChI=1S/C17H17BrN2O4/c1-3-24-15-7-5-12(18)9-13(15)17(22)20-19-10-11-4-6-14(21)16(8-11)23-2/h4-10,21H,3H2,1-2H3,(H,20,22). The third-order valence-corrected chi connectivity index (χ3v) is 3.56. The summed E-state index contributed by atoms with van der Waals surface area (Å²) in [5, 5.41) is 13.5. The molecule has 6 nitrogen and oxygen atoms in total. The number of halogens is 1. The number of benzene rings is 2. The lowest BCUT2D eigenvalue weighted by atomic mass is 10.2. The fraction of sp³-hybridized carbons (Fsp3) is 0.176. The number of hydrogen-bond donors (Lipinski definition) is 2. The molecule has 0 aromatic heterocycles. The van der Waals surface area contributed by atoms with Crippen molar-refractivity contribution in [2.75, 3.05) is 13.7 Å². The number of nitrogens with one attached hydrogen (secondary N) is 1. The second kappa shape index (κ2) is 8.35. The predicted molar refractivity (Wildman–Crippen MR) is 95.0 cm³/mol. The molecule has 0 spiro atoms. The van der Waals surface area contributed by atoms with Gasteiger partial charge in [0.25, 0.3) is 5.91 Å². The molecule has 0 aliphatic heterocycles. The van der Waals surface area contributed by atoms with Gasteiger partial charge in [-0.2, -0.15) is 5.10 Å².